The SMILES string of the molecule is CC(C)CC(CC(=O)O)OC1CCCCO1. The maximum Gasteiger partial charge on any atom is 0.305 e. The molecule has 0 aromatic carbocycles. The van der Waals surface area contributed by atoms with Gasteiger partial charge in [0.05, 0.1) is 12.5 Å². The number of hydrogen-bond donors (Lipinski definition) is 1. The number of carboxylic acids is 1. The van der Waals surface area contributed by atoms with Crippen LogP contribution in [0.1, 0.15) is 46.0 Å². The fourth-order valence-electron chi connectivity index (χ4n) is 1.94. The molecule has 0 aromatic heterocycles. The van der Waals surface area contributed by atoms with Crippen LogP contribution in [0.3, 0.4) is 0 Å². The van der Waals surface area contributed by atoms with Crippen LogP contribution in [-0.2, 0) is 14.3 Å². The van der Waals surface area contributed by atoms with Crippen LogP contribution in [0.2, 0.25) is 0 Å². The van der Waals surface area contributed by atoms with E-state index in [9.17, 15) is 4.79 Å². The third-order valence-electron chi connectivity index (χ3n) is 2.62. The van der Waals surface area contributed by atoms with Gasteiger partial charge in [0.1, 0.15) is 0 Å². The Morgan fingerprint density at radius 2 is 2.25 bits per heavy atom. The first-order valence-electron chi connectivity index (χ1n) is 6.06. The topological polar surface area (TPSA) is 55.8 Å². The largest absolute Gasteiger partial charge is 0.481 e. The molecule has 0 radical (unpaired) electrons. The average Bonchev–Trinajstić information content (AvgIpc) is 2.16. The monoisotopic (exact) mass is 230 g/mol. The normalized spacial score (nSPS) is 23.3. The van der Waals surface area contributed by atoms with Crippen LogP contribution >= 0.6 is 0 Å². The van der Waals surface area contributed by atoms with E-state index < -0.39 is 5.97 Å². The Labute approximate surface area is 96.9 Å². The van der Waals surface area contributed by atoms with Gasteiger partial charge in [-0.2, -0.15) is 0 Å². The quantitative estimate of drug-likeness (QED) is 0.761. The molecule has 16 heavy (non-hydrogen) atoms. The van der Waals surface area contributed by atoms with E-state index >= 15 is 0 Å². The van der Waals surface area contributed by atoms with E-state index in [1.54, 1.807) is 0 Å². The second-order valence-corrected chi connectivity index (χ2v) is 4.78. The van der Waals surface area contributed by atoms with E-state index in [1.807, 2.05) is 0 Å². The second-order valence-electron chi connectivity index (χ2n) is 4.78. The number of hydrogen-bond acceptors (Lipinski definition) is 3. The molecule has 0 aliphatic carbocycles. The van der Waals surface area contributed by atoms with Crippen molar-refractivity contribution in [3.8, 4) is 0 Å². The van der Waals surface area contributed by atoms with E-state index in [4.69, 9.17) is 14.6 Å². The van der Waals surface area contributed by atoms with Gasteiger partial charge in [0, 0.05) is 6.61 Å². The van der Waals surface area contributed by atoms with Gasteiger partial charge in [-0.15, -0.1) is 0 Å². The first kappa shape index (κ1) is 13.5. The molecule has 0 saturated carbocycles. The van der Waals surface area contributed by atoms with Crippen molar-refractivity contribution in [2.75, 3.05) is 6.61 Å². The summed E-state index contributed by atoms with van der Waals surface area (Å²) >= 11 is 0. The summed E-state index contributed by atoms with van der Waals surface area (Å²) in [5.41, 5.74) is 0. The van der Waals surface area contributed by atoms with Crippen LogP contribution in [0.15, 0.2) is 0 Å². The van der Waals surface area contributed by atoms with E-state index in [2.05, 4.69) is 13.8 Å². The number of ether oxygens (including phenoxy) is 2. The molecule has 94 valence electrons. The Morgan fingerprint density at radius 1 is 1.50 bits per heavy atom. The van der Waals surface area contributed by atoms with E-state index in [0.29, 0.717) is 5.92 Å². The Bertz CT molecular complexity index is 209. The molecule has 0 aromatic rings. The van der Waals surface area contributed by atoms with Gasteiger partial charge in [0.15, 0.2) is 6.29 Å². The van der Waals surface area contributed by atoms with Crippen molar-refractivity contribution < 1.29 is 19.4 Å². The molecule has 1 N–H and O–H groups in total. The Hall–Kier alpha value is -0.610. The summed E-state index contributed by atoms with van der Waals surface area (Å²) in [5, 5.41) is 8.81. The maximum absolute atomic E-state index is 10.7. The number of rotatable bonds is 6. The molecule has 0 bridgehead atoms. The van der Waals surface area contributed by atoms with E-state index in [-0.39, 0.29) is 18.8 Å². The highest BCUT2D eigenvalue weighted by molar-refractivity contribution is 5.67. The summed E-state index contributed by atoms with van der Waals surface area (Å²) in [4.78, 5) is 10.7. The first-order valence-corrected chi connectivity index (χ1v) is 6.06. The highest BCUT2D eigenvalue weighted by Gasteiger charge is 2.22. The van der Waals surface area contributed by atoms with Crippen molar-refractivity contribution in [2.24, 2.45) is 5.92 Å². The van der Waals surface area contributed by atoms with Gasteiger partial charge in [-0.25, -0.2) is 0 Å². The predicted octanol–water partition coefficient (Wildman–Crippen LogP) is 2.42. The maximum atomic E-state index is 10.7. The third kappa shape index (κ3) is 5.47. The van der Waals surface area contributed by atoms with Crippen molar-refractivity contribution in [1.82, 2.24) is 0 Å². The minimum atomic E-state index is -0.804. The predicted molar refractivity (Wildman–Crippen MR) is 60.2 cm³/mol. The molecule has 2 atom stereocenters. The summed E-state index contributed by atoms with van der Waals surface area (Å²) in [6.45, 7) is 4.87. The van der Waals surface area contributed by atoms with Gasteiger partial charge in [-0.1, -0.05) is 13.8 Å². The lowest BCUT2D eigenvalue weighted by Gasteiger charge is -2.27. The Balaban J connectivity index is 2.37. The minimum Gasteiger partial charge on any atom is -0.481 e. The molecule has 0 amide bonds. The summed E-state index contributed by atoms with van der Waals surface area (Å²) in [6, 6.07) is 0. The Morgan fingerprint density at radius 3 is 2.75 bits per heavy atom. The highest BCUT2D eigenvalue weighted by Crippen LogP contribution is 2.20. The molecule has 1 fully saturated rings. The van der Waals surface area contributed by atoms with Crippen molar-refractivity contribution in [3.63, 3.8) is 0 Å². The lowest BCUT2D eigenvalue weighted by molar-refractivity contribution is -0.194. The highest BCUT2D eigenvalue weighted by atomic mass is 16.7. The van der Waals surface area contributed by atoms with E-state index in [0.717, 1.165) is 32.3 Å². The van der Waals surface area contributed by atoms with Gasteiger partial charge in [-0.05, 0) is 31.6 Å². The summed E-state index contributed by atoms with van der Waals surface area (Å²) in [5.74, 6) is -0.366. The van der Waals surface area contributed by atoms with Gasteiger partial charge in [0.25, 0.3) is 0 Å². The molecule has 4 heteroatoms. The fraction of sp³-hybridized carbons (Fsp3) is 0.917. The van der Waals surface area contributed by atoms with Crippen LogP contribution in [-0.4, -0.2) is 30.1 Å². The molecule has 2 unspecified atom stereocenters. The minimum absolute atomic E-state index is 0.0675. The standard InChI is InChI=1S/C12H22O4/c1-9(2)7-10(8-11(13)14)16-12-5-3-4-6-15-12/h9-10,12H,3-8H2,1-2H3,(H,13,14). The van der Waals surface area contributed by atoms with Crippen molar-refractivity contribution in [1.29, 1.82) is 0 Å². The van der Waals surface area contributed by atoms with Gasteiger partial charge in [-0.3, -0.25) is 4.79 Å². The van der Waals surface area contributed by atoms with Gasteiger partial charge >= 0.3 is 5.97 Å². The number of carbonyl (C=O) groups is 1. The van der Waals surface area contributed by atoms with Crippen LogP contribution in [0, 0.1) is 5.92 Å². The molecule has 1 aliphatic rings. The molecule has 0 spiro atoms. The molecule has 1 aliphatic heterocycles. The summed E-state index contributed by atoms with van der Waals surface area (Å²) < 4.78 is 11.2. The zero-order valence-corrected chi connectivity index (χ0v) is 10.1. The van der Waals surface area contributed by atoms with Crippen molar-refractivity contribution in [2.45, 2.75) is 58.3 Å². The average molecular weight is 230 g/mol. The summed E-state index contributed by atoms with van der Waals surface area (Å²) in [6.07, 6.45) is 3.48. The molecule has 4 nitrogen and oxygen atoms in total. The van der Waals surface area contributed by atoms with Gasteiger partial charge < -0.3 is 14.6 Å². The first-order chi connectivity index (χ1) is 7.58. The Kier molecular flexibility index (Phi) is 5.77. The second kappa shape index (κ2) is 6.86. The molecule has 1 rings (SSSR count). The zero-order chi connectivity index (χ0) is 12.0. The molecular formula is C12H22O4. The molecular weight excluding hydrogens is 208 g/mol. The van der Waals surface area contributed by atoms with Crippen LogP contribution in [0.4, 0.5) is 0 Å². The third-order valence-corrected chi connectivity index (χ3v) is 2.62. The van der Waals surface area contributed by atoms with Crippen LogP contribution in [0.5, 0.6) is 0 Å². The smallest absolute Gasteiger partial charge is 0.305 e. The van der Waals surface area contributed by atoms with E-state index in [1.165, 1.54) is 0 Å². The number of aliphatic carboxylic acids is 1. The van der Waals surface area contributed by atoms with Crippen LogP contribution < -0.4 is 0 Å². The van der Waals surface area contributed by atoms with Crippen molar-refractivity contribution >= 4 is 5.97 Å². The molecule has 1 saturated heterocycles. The fourth-order valence-corrected chi connectivity index (χ4v) is 1.94. The van der Waals surface area contributed by atoms with Crippen LogP contribution in [0.25, 0.3) is 0 Å². The van der Waals surface area contributed by atoms with Crippen molar-refractivity contribution in [3.05, 3.63) is 0 Å². The van der Waals surface area contributed by atoms with Gasteiger partial charge in [0.2, 0.25) is 0 Å². The molecule has 1 heterocycles. The summed E-state index contributed by atoms with van der Waals surface area (Å²) in [7, 11) is 0. The zero-order valence-electron chi connectivity index (χ0n) is 10.1. The lowest BCUT2D eigenvalue weighted by Crippen LogP contribution is -2.30. The number of carboxylic acid groups (broad SMARTS) is 1. The lowest BCUT2D eigenvalue weighted by atomic mass is 10.0.